The number of nitrogens with two attached hydrogens (primary N) is 1. The van der Waals surface area contributed by atoms with E-state index in [0.29, 0.717) is 56.6 Å². The minimum Gasteiger partial charge on any atom is -0.463 e. The lowest BCUT2D eigenvalue weighted by atomic mass is 9.92. The molecular weight excluding hydrogens is 507 g/mol. The van der Waals surface area contributed by atoms with E-state index in [1.165, 1.54) is 24.6 Å². The number of fused-ring (bicyclic) bond motifs is 1. The molecule has 0 aliphatic rings. The number of nitrogens with one attached hydrogen (secondary N) is 2. The average Bonchev–Trinajstić information content (AvgIpc) is 3.39. The van der Waals surface area contributed by atoms with Crippen LogP contribution < -0.4 is 16.4 Å². The van der Waals surface area contributed by atoms with Gasteiger partial charge in [0, 0.05) is 35.5 Å². The van der Waals surface area contributed by atoms with Crippen molar-refractivity contribution >= 4 is 28.5 Å². The predicted molar refractivity (Wildman–Crippen MR) is 153 cm³/mol. The molecule has 3 aromatic carbocycles. The first-order valence-electron chi connectivity index (χ1n) is 13.0. The zero-order valence-electron chi connectivity index (χ0n) is 22.1. The Balaban J connectivity index is 1.59. The number of nitrogen functional groups attached to an aromatic ring is 1. The third-order valence-electron chi connectivity index (χ3n) is 6.57. The van der Waals surface area contributed by atoms with E-state index in [2.05, 4.69) is 15.6 Å². The van der Waals surface area contributed by atoms with Crippen molar-refractivity contribution in [1.29, 1.82) is 0 Å². The molecule has 0 aliphatic carbocycles. The first-order chi connectivity index (χ1) is 19.3. The van der Waals surface area contributed by atoms with E-state index >= 15 is 0 Å². The number of halogens is 1. The highest BCUT2D eigenvalue weighted by Crippen LogP contribution is 2.31. The van der Waals surface area contributed by atoms with Crippen LogP contribution >= 0.6 is 0 Å². The molecule has 2 amide bonds. The van der Waals surface area contributed by atoms with Crippen LogP contribution in [0.25, 0.3) is 22.1 Å². The Hall–Kier alpha value is -4.98. The van der Waals surface area contributed by atoms with Gasteiger partial charge in [-0.1, -0.05) is 56.3 Å². The third kappa shape index (κ3) is 5.71. The fourth-order valence-electron chi connectivity index (χ4n) is 4.55. The van der Waals surface area contributed by atoms with Crippen LogP contribution in [0.4, 0.5) is 10.1 Å². The summed E-state index contributed by atoms with van der Waals surface area (Å²) in [7, 11) is 0. The number of nitrogens with zero attached hydrogens (tertiary/aromatic N) is 1. The molecule has 0 saturated carbocycles. The summed E-state index contributed by atoms with van der Waals surface area (Å²) in [5.41, 5.74) is 10.4. The second-order valence-corrected chi connectivity index (χ2v) is 10.0. The predicted octanol–water partition coefficient (Wildman–Crippen LogP) is 6.12. The van der Waals surface area contributed by atoms with Gasteiger partial charge in [-0.3, -0.25) is 14.6 Å². The number of hydrogen-bond acceptors (Lipinski definition) is 5. The number of furan rings is 1. The quantitative estimate of drug-likeness (QED) is 0.221. The lowest BCUT2D eigenvalue weighted by Gasteiger charge is -2.22. The minimum absolute atomic E-state index is 0.251. The number of para-hydroxylation sites is 1. The molecule has 1 atom stereocenters. The molecule has 2 aromatic heterocycles. The van der Waals surface area contributed by atoms with E-state index in [1.54, 1.807) is 36.5 Å². The Labute approximate surface area is 231 Å². The Bertz CT molecular complexity index is 1680. The van der Waals surface area contributed by atoms with Gasteiger partial charge in [0.1, 0.15) is 17.7 Å². The van der Waals surface area contributed by atoms with Crippen molar-refractivity contribution in [3.63, 3.8) is 0 Å². The van der Waals surface area contributed by atoms with Crippen molar-refractivity contribution in [2.24, 2.45) is 5.92 Å². The van der Waals surface area contributed by atoms with Crippen LogP contribution in [0.1, 0.15) is 51.7 Å². The van der Waals surface area contributed by atoms with Crippen LogP contribution in [0.2, 0.25) is 0 Å². The van der Waals surface area contributed by atoms with Crippen molar-refractivity contribution in [2.75, 3.05) is 12.3 Å². The number of benzene rings is 3. The second-order valence-electron chi connectivity index (χ2n) is 10.0. The molecule has 0 saturated heterocycles. The number of hydrogen-bond donors (Lipinski definition) is 3. The summed E-state index contributed by atoms with van der Waals surface area (Å²) in [6.07, 6.45) is 4.60. The summed E-state index contributed by atoms with van der Waals surface area (Å²) in [4.78, 5) is 31.1. The number of carbonyl (C=O) groups is 2. The highest BCUT2D eigenvalue weighted by atomic mass is 19.1. The van der Waals surface area contributed by atoms with Crippen molar-refractivity contribution in [2.45, 2.75) is 19.9 Å². The SMILES string of the molecule is CC(C)CNC(=O)c1cc(C(NC(=O)c2coc3ccccc23)c2ccc(F)cc2)ccc1-c1cncc(N)c1. The normalized spacial score (nSPS) is 11.9. The van der Waals surface area contributed by atoms with Crippen molar-refractivity contribution in [3.05, 3.63) is 120 Å². The molecule has 5 rings (SSSR count). The molecule has 40 heavy (non-hydrogen) atoms. The molecule has 0 aliphatic heterocycles. The zero-order valence-corrected chi connectivity index (χ0v) is 22.1. The van der Waals surface area contributed by atoms with Crippen molar-refractivity contribution < 1.29 is 18.4 Å². The van der Waals surface area contributed by atoms with Crippen LogP contribution in [-0.2, 0) is 0 Å². The first-order valence-corrected chi connectivity index (χ1v) is 13.0. The van der Waals surface area contributed by atoms with E-state index in [1.807, 2.05) is 44.2 Å². The number of rotatable bonds is 8. The van der Waals surface area contributed by atoms with Gasteiger partial charge >= 0.3 is 0 Å². The number of carbonyl (C=O) groups excluding carboxylic acids is 2. The summed E-state index contributed by atoms with van der Waals surface area (Å²) in [5.74, 6) is -0.777. The summed E-state index contributed by atoms with van der Waals surface area (Å²) in [6.45, 7) is 4.52. The van der Waals surface area contributed by atoms with Gasteiger partial charge in [-0.15, -0.1) is 0 Å². The lowest BCUT2D eigenvalue weighted by Crippen LogP contribution is -2.30. The number of pyridine rings is 1. The maximum Gasteiger partial charge on any atom is 0.255 e. The highest BCUT2D eigenvalue weighted by molar-refractivity contribution is 6.06. The van der Waals surface area contributed by atoms with Gasteiger partial charge in [0.2, 0.25) is 0 Å². The number of amides is 2. The highest BCUT2D eigenvalue weighted by Gasteiger charge is 2.23. The van der Waals surface area contributed by atoms with Crippen LogP contribution in [0.15, 0.2) is 95.9 Å². The first kappa shape index (κ1) is 26.6. The molecule has 8 heteroatoms. The third-order valence-corrected chi connectivity index (χ3v) is 6.57. The van der Waals surface area contributed by atoms with Crippen molar-refractivity contribution in [1.82, 2.24) is 15.6 Å². The second kappa shape index (κ2) is 11.4. The van der Waals surface area contributed by atoms with Gasteiger partial charge in [0.25, 0.3) is 11.8 Å². The standard InChI is InChI=1S/C32H29FN4O3/c1-19(2)15-36-31(38)27-14-21(9-12-25(27)22-13-24(34)17-35-16-22)30(20-7-10-23(33)11-8-20)37-32(39)28-18-40-29-6-4-3-5-26(28)29/h3-14,16-19,30H,15,34H2,1-2H3,(H,36,38)(H,37,39). The number of aromatic nitrogens is 1. The minimum atomic E-state index is -0.688. The van der Waals surface area contributed by atoms with Crippen LogP contribution in [0, 0.1) is 11.7 Å². The van der Waals surface area contributed by atoms with E-state index < -0.39 is 11.9 Å². The Kier molecular flexibility index (Phi) is 7.59. The largest absolute Gasteiger partial charge is 0.463 e. The maximum absolute atomic E-state index is 13.8. The molecule has 5 aromatic rings. The molecule has 202 valence electrons. The summed E-state index contributed by atoms with van der Waals surface area (Å²) in [5, 5.41) is 6.72. The lowest BCUT2D eigenvalue weighted by molar-refractivity contribution is 0.0940. The van der Waals surface area contributed by atoms with Crippen LogP contribution in [0.5, 0.6) is 0 Å². The summed E-state index contributed by atoms with van der Waals surface area (Å²) in [6, 6.07) is 19.6. The molecular formula is C32H29FN4O3. The molecule has 0 spiro atoms. The fourth-order valence-corrected chi connectivity index (χ4v) is 4.55. The molecule has 0 radical (unpaired) electrons. The molecule has 7 nitrogen and oxygen atoms in total. The molecule has 1 unspecified atom stereocenters. The summed E-state index contributed by atoms with van der Waals surface area (Å²) >= 11 is 0. The molecule has 4 N–H and O–H groups in total. The Morgan fingerprint density at radius 1 is 0.925 bits per heavy atom. The van der Waals surface area contributed by atoms with Crippen LogP contribution in [-0.4, -0.2) is 23.3 Å². The van der Waals surface area contributed by atoms with E-state index in [9.17, 15) is 14.0 Å². The average molecular weight is 537 g/mol. The van der Waals surface area contributed by atoms with Gasteiger partial charge in [-0.2, -0.15) is 0 Å². The summed E-state index contributed by atoms with van der Waals surface area (Å²) < 4.78 is 19.4. The monoisotopic (exact) mass is 536 g/mol. The van der Waals surface area contributed by atoms with Crippen LogP contribution in [0.3, 0.4) is 0 Å². The Morgan fingerprint density at radius 2 is 1.68 bits per heavy atom. The van der Waals surface area contributed by atoms with Gasteiger partial charge < -0.3 is 20.8 Å². The van der Waals surface area contributed by atoms with Gasteiger partial charge in [-0.05, 0) is 52.9 Å². The topological polar surface area (TPSA) is 110 Å². The van der Waals surface area contributed by atoms with Gasteiger partial charge in [-0.25, -0.2) is 4.39 Å². The van der Waals surface area contributed by atoms with E-state index in [4.69, 9.17) is 10.2 Å². The van der Waals surface area contributed by atoms with E-state index in [0.717, 1.165) is 0 Å². The molecule has 0 bridgehead atoms. The van der Waals surface area contributed by atoms with Crippen molar-refractivity contribution in [3.8, 4) is 11.1 Å². The smallest absolute Gasteiger partial charge is 0.255 e. The van der Waals surface area contributed by atoms with Gasteiger partial charge in [0.05, 0.1) is 17.3 Å². The molecule has 2 heterocycles. The van der Waals surface area contributed by atoms with E-state index in [-0.39, 0.29) is 17.7 Å². The molecule has 0 fully saturated rings. The zero-order chi connectivity index (χ0) is 28.2. The number of anilines is 1. The fraction of sp³-hybridized carbons (Fsp3) is 0.156. The maximum atomic E-state index is 13.8. The van der Waals surface area contributed by atoms with Gasteiger partial charge in [0.15, 0.2) is 0 Å². The Morgan fingerprint density at radius 3 is 2.42 bits per heavy atom.